The predicted octanol–water partition coefficient (Wildman–Crippen LogP) is 1.35. The van der Waals surface area contributed by atoms with Crippen LogP contribution in [0.2, 0.25) is 0 Å². The van der Waals surface area contributed by atoms with E-state index in [2.05, 4.69) is 0 Å². The van der Waals surface area contributed by atoms with E-state index in [4.69, 9.17) is 5.73 Å². The maximum atomic E-state index is 12.3. The van der Waals surface area contributed by atoms with Crippen molar-refractivity contribution in [1.82, 2.24) is 0 Å². The second-order valence-electron chi connectivity index (χ2n) is 2.13. The van der Waals surface area contributed by atoms with E-state index in [1.54, 1.807) is 6.08 Å². The standard InChI is InChI=1S/C6H10FN/c7-5-3-1-2-4-6(5)8/h3,6H,1-2,4,8H2. The molecule has 2 N–H and O–H groups in total. The Balaban J connectivity index is 2.53. The van der Waals surface area contributed by atoms with Gasteiger partial charge in [-0.25, -0.2) is 4.39 Å². The van der Waals surface area contributed by atoms with Crippen LogP contribution in [-0.4, -0.2) is 6.04 Å². The van der Waals surface area contributed by atoms with Crippen molar-refractivity contribution in [1.29, 1.82) is 0 Å². The van der Waals surface area contributed by atoms with Crippen LogP contribution in [0.4, 0.5) is 4.39 Å². The normalized spacial score (nSPS) is 29.8. The fourth-order valence-electron chi connectivity index (χ4n) is 0.867. The third-order valence-electron chi connectivity index (χ3n) is 1.41. The van der Waals surface area contributed by atoms with Gasteiger partial charge in [0.1, 0.15) is 5.83 Å². The van der Waals surface area contributed by atoms with Crippen LogP contribution < -0.4 is 5.73 Å². The molecule has 46 valence electrons. The molecule has 0 bridgehead atoms. The molecular formula is C6H10FN. The van der Waals surface area contributed by atoms with Crippen molar-refractivity contribution in [2.45, 2.75) is 25.3 Å². The first-order valence-electron chi connectivity index (χ1n) is 2.92. The van der Waals surface area contributed by atoms with Crippen LogP contribution in [0.5, 0.6) is 0 Å². The van der Waals surface area contributed by atoms with E-state index >= 15 is 0 Å². The van der Waals surface area contributed by atoms with Gasteiger partial charge in [-0.2, -0.15) is 0 Å². The highest BCUT2D eigenvalue weighted by molar-refractivity contribution is 5.03. The molecule has 0 aromatic heterocycles. The topological polar surface area (TPSA) is 26.0 Å². The molecule has 1 unspecified atom stereocenters. The van der Waals surface area contributed by atoms with Crippen molar-refractivity contribution >= 4 is 0 Å². The van der Waals surface area contributed by atoms with Gasteiger partial charge in [0, 0.05) is 0 Å². The minimum Gasteiger partial charge on any atom is -0.322 e. The zero-order chi connectivity index (χ0) is 5.98. The molecule has 1 rings (SSSR count). The van der Waals surface area contributed by atoms with E-state index in [1.807, 2.05) is 0 Å². The molecule has 1 atom stereocenters. The molecule has 1 nitrogen and oxygen atoms in total. The molecule has 0 saturated carbocycles. The van der Waals surface area contributed by atoms with Crippen LogP contribution in [0.15, 0.2) is 11.9 Å². The Bertz CT molecular complexity index is 109. The molecule has 1 aliphatic rings. The molecular weight excluding hydrogens is 105 g/mol. The lowest BCUT2D eigenvalue weighted by Crippen LogP contribution is -2.22. The summed E-state index contributed by atoms with van der Waals surface area (Å²) in [6.45, 7) is 0. The van der Waals surface area contributed by atoms with Crippen LogP contribution >= 0.6 is 0 Å². The van der Waals surface area contributed by atoms with E-state index in [1.165, 1.54) is 0 Å². The molecule has 0 saturated heterocycles. The number of allylic oxidation sites excluding steroid dienone is 1. The van der Waals surface area contributed by atoms with Crippen molar-refractivity contribution in [3.8, 4) is 0 Å². The summed E-state index contributed by atoms with van der Waals surface area (Å²) >= 11 is 0. The zero-order valence-corrected chi connectivity index (χ0v) is 4.73. The molecule has 0 heterocycles. The number of rotatable bonds is 0. The van der Waals surface area contributed by atoms with Gasteiger partial charge in [0.15, 0.2) is 0 Å². The van der Waals surface area contributed by atoms with Crippen molar-refractivity contribution < 1.29 is 4.39 Å². The molecule has 0 aliphatic heterocycles. The van der Waals surface area contributed by atoms with E-state index < -0.39 is 0 Å². The average Bonchev–Trinajstić information content (AvgIpc) is 1.77. The summed E-state index contributed by atoms with van der Waals surface area (Å²) in [5.41, 5.74) is 5.33. The highest BCUT2D eigenvalue weighted by atomic mass is 19.1. The SMILES string of the molecule is NC1CCCC=C1F. The van der Waals surface area contributed by atoms with Gasteiger partial charge in [-0.15, -0.1) is 0 Å². The highest BCUT2D eigenvalue weighted by Gasteiger charge is 2.11. The van der Waals surface area contributed by atoms with Crippen LogP contribution in [0.25, 0.3) is 0 Å². The second kappa shape index (κ2) is 2.27. The fraction of sp³-hybridized carbons (Fsp3) is 0.667. The summed E-state index contributed by atoms with van der Waals surface area (Å²) in [6, 6.07) is -0.302. The lowest BCUT2D eigenvalue weighted by molar-refractivity contribution is 0.480. The van der Waals surface area contributed by atoms with Crippen molar-refractivity contribution in [3.63, 3.8) is 0 Å². The maximum Gasteiger partial charge on any atom is 0.113 e. The first-order chi connectivity index (χ1) is 3.80. The Labute approximate surface area is 48.4 Å². The largest absolute Gasteiger partial charge is 0.322 e. The Morgan fingerprint density at radius 2 is 2.50 bits per heavy atom. The van der Waals surface area contributed by atoms with E-state index in [-0.39, 0.29) is 11.9 Å². The van der Waals surface area contributed by atoms with Gasteiger partial charge in [0.2, 0.25) is 0 Å². The monoisotopic (exact) mass is 115 g/mol. The van der Waals surface area contributed by atoms with Gasteiger partial charge in [0.05, 0.1) is 6.04 Å². The maximum absolute atomic E-state index is 12.3. The molecule has 8 heavy (non-hydrogen) atoms. The van der Waals surface area contributed by atoms with E-state index in [0.717, 1.165) is 19.3 Å². The number of hydrogen-bond acceptors (Lipinski definition) is 1. The molecule has 0 aromatic rings. The highest BCUT2D eigenvalue weighted by Crippen LogP contribution is 2.16. The Morgan fingerprint density at radius 1 is 1.75 bits per heavy atom. The molecule has 0 aromatic carbocycles. The summed E-state index contributed by atoms with van der Waals surface area (Å²) in [4.78, 5) is 0. The minimum atomic E-state index is -0.302. The van der Waals surface area contributed by atoms with E-state index in [0.29, 0.717) is 0 Å². The van der Waals surface area contributed by atoms with Crippen molar-refractivity contribution in [2.75, 3.05) is 0 Å². The molecule has 0 amide bonds. The molecule has 2 heteroatoms. The molecule has 0 radical (unpaired) electrons. The zero-order valence-electron chi connectivity index (χ0n) is 4.73. The second-order valence-corrected chi connectivity index (χ2v) is 2.13. The lowest BCUT2D eigenvalue weighted by Gasteiger charge is -2.12. The lowest BCUT2D eigenvalue weighted by atomic mass is 10.0. The van der Waals surface area contributed by atoms with Crippen LogP contribution in [0.3, 0.4) is 0 Å². The summed E-state index contributed by atoms with van der Waals surface area (Å²) in [7, 11) is 0. The number of halogens is 1. The number of hydrogen-bond donors (Lipinski definition) is 1. The van der Waals surface area contributed by atoms with Gasteiger partial charge in [-0.05, 0) is 19.3 Å². The van der Waals surface area contributed by atoms with Gasteiger partial charge in [-0.1, -0.05) is 6.08 Å². The van der Waals surface area contributed by atoms with E-state index in [9.17, 15) is 4.39 Å². The Kier molecular flexibility index (Phi) is 1.63. The quantitative estimate of drug-likeness (QED) is 0.506. The summed E-state index contributed by atoms with van der Waals surface area (Å²) in [5.74, 6) is -0.128. The van der Waals surface area contributed by atoms with Gasteiger partial charge < -0.3 is 5.73 Å². The third kappa shape index (κ3) is 1.07. The summed E-state index contributed by atoms with van der Waals surface area (Å²) < 4.78 is 12.3. The summed E-state index contributed by atoms with van der Waals surface area (Å²) in [6.07, 6.45) is 4.28. The van der Waals surface area contributed by atoms with Gasteiger partial charge >= 0.3 is 0 Å². The van der Waals surface area contributed by atoms with Gasteiger partial charge in [0.25, 0.3) is 0 Å². The van der Waals surface area contributed by atoms with Crippen molar-refractivity contribution in [2.24, 2.45) is 5.73 Å². The van der Waals surface area contributed by atoms with Crippen molar-refractivity contribution in [3.05, 3.63) is 11.9 Å². The number of nitrogens with two attached hydrogens (primary N) is 1. The average molecular weight is 115 g/mol. The first-order valence-corrected chi connectivity index (χ1v) is 2.92. The third-order valence-corrected chi connectivity index (χ3v) is 1.41. The fourth-order valence-corrected chi connectivity index (χ4v) is 0.867. The molecule has 1 aliphatic carbocycles. The van der Waals surface area contributed by atoms with Crippen LogP contribution in [0.1, 0.15) is 19.3 Å². The molecule has 0 spiro atoms. The smallest absolute Gasteiger partial charge is 0.113 e. The Hall–Kier alpha value is -0.370. The van der Waals surface area contributed by atoms with Crippen LogP contribution in [-0.2, 0) is 0 Å². The summed E-state index contributed by atoms with van der Waals surface area (Å²) in [5, 5.41) is 0. The minimum absolute atomic E-state index is 0.128. The van der Waals surface area contributed by atoms with Crippen LogP contribution in [0, 0.1) is 0 Å². The molecule has 0 fully saturated rings. The predicted molar refractivity (Wildman–Crippen MR) is 31.0 cm³/mol. The first kappa shape index (κ1) is 5.76. The van der Waals surface area contributed by atoms with Gasteiger partial charge in [-0.3, -0.25) is 0 Å². The Morgan fingerprint density at radius 3 is 2.88 bits per heavy atom.